The summed E-state index contributed by atoms with van der Waals surface area (Å²) in [6.07, 6.45) is -0.566. The molecule has 0 saturated heterocycles. The first kappa shape index (κ1) is 20.4. The highest BCUT2D eigenvalue weighted by atomic mass is 16.5. The van der Waals surface area contributed by atoms with Gasteiger partial charge in [0.05, 0.1) is 0 Å². The molecule has 0 fully saturated rings. The number of hydrogen-bond donors (Lipinski definition) is 1. The third-order valence-electron chi connectivity index (χ3n) is 5.05. The Labute approximate surface area is 168 Å². The minimum Gasteiger partial charge on any atom is -0.490 e. The summed E-state index contributed by atoms with van der Waals surface area (Å²) >= 11 is 0. The molecule has 0 aliphatic rings. The molecule has 0 saturated carbocycles. The van der Waals surface area contributed by atoms with Crippen molar-refractivity contribution in [2.75, 3.05) is 13.2 Å². The van der Waals surface area contributed by atoms with Crippen molar-refractivity contribution < 1.29 is 9.84 Å². The fraction of sp³-hybridized carbons (Fsp3) is 0.360. The Kier molecular flexibility index (Phi) is 6.38. The van der Waals surface area contributed by atoms with Crippen LogP contribution in [0, 0.1) is 6.92 Å². The monoisotopic (exact) mass is 377 g/mol. The van der Waals surface area contributed by atoms with Gasteiger partial charge in [-0.2, -0.15) is 0 Å². The van der Waals surface area contributed by atoms with E-state index in [0.717, 1.165) is 23.1 Å². The van der Waals surface area contributed by atoms with Crippen LogP contribution in [0.25, 0.3) is 10.8 Å². The molecular weight excluding hydrogens is 346 g/mol. The number of β-amino-alcohol motifs (C(OH)–C–C–N with tert-alkyl or cyclic N) is 1. The van der Waals surface area contributed by atoms with Gasteiger partial charge in [-0.1, -0.05) is 66.2 Å². The van der Waals surface area contributed by atoms with E-state index >= 15 is 0 Å². The number of nitrogens with zero attached hydrogens (tertiary/aromatic N) is 1. The Morgan fingerprint density at radius 2 is 1.61 bits per heavy atom. The lowest BCUT2D eigenvalue weighted by Gasteiger charge is -2.37. The van der Waals surface area contributed by atoms with Gasteiger partial charge in [0.25, 0.3) is 0 Å². The lowest BCUT2D eigenvalue weighted by Crippen LogP contribution is -2.46. The summed E-state index contributed by atoms with van der Waals surface area (Å²) in [6.45, 7) is 10.3. The highest BCUT2D eigenvalue weighted by Gasteiger charge is 2.24. The first-order chi connectivity index (χ1) is 13.3. The molecule has 3 aromatic rings. The van der Waals surface area contributed by atoms with Crippen molar-refractivity contribution in [1.29, 1.82) is 0 Å². The largest absolute Gasteiger partial charge is 0.490 e. The highest BCUT2D eigenvalue weighted by molar-refractivity contribution is 5.88. The number of benzene rings is 3. The molecule has 148 valence electrons. The van der Waals surface area contributed by atoms with Crippen LogP contribution in [0.2, 0.25) is 0 Å². The minimum atomic E-state index is -0.566. The standard InChI is InChI=1S/C25H31NO2/c1-19-12-14-20(15-13-19)16-26(25(2,3)4)17-22(27)18-28-24-11-7-9-21-8-5-6-10-23(21)24/h5-15,22,27H,16-18H2,1-4H3. The van der Waals surface area contributed by atoms with Crippen LogP contribution in [0.1, 0.15) is 31.9 Å². The second-order valence-electron chi connectivity index (χ2n) is 8.48. The van der Waals surface area contributed by atoms with Gasteiger partial charge in [-0.05, 0) is 44.7 Å². The zero-order valence-electron chi connectivity index (χ0n) is 17.4. The molecule has 0 radical (unpaired) electrons. The molecule has 1 N–H and O–H groups in total. The van der Waals surface area contributed by atoms with Gasteiger partial charge in [0.1, 0.15) is 18.5 Å². The van der Waals surface area contributed by atoms with Crippen molar-refractivity contribution in [3.8, 4) is 5.75 Å². The van der Waals surface area contributed by atoms with E-state index in [-0.39, 0.29) is 12.1 Å². The molecule has 0 heterocycles. The van der Waals surface area contributed by atoms with Gasteiger partial charge in [0.2, 0.25) is 0 Å². The fourth-order valence-electron chi connectivity index (χ4n) is 3.30. The molecule has 1 atom stereocenters. The maximum atomic E-state index is 10.7. The molecule has 3 nitrogen and oxygen atoms in total. The van der Waals surface area contributed by atoms with E-state index in [4.69, 9.17) is 4.74 Å². The topological polar surface area (TPSA) is 32.7 Å². The van der Waals surface area contributed by atoms with Crippen LogP contribution < -0.4 is 4.74 Å². The lowest BCUT2D eigenvalue weighted by atomic mass is 10.0. The quantitative estimate of drug-likeness (QED) is 0.615. The number of hydrogen-bond acceptors (Lipinski definition) is 3. The third kappa shape index (κ3) is 5.34. The predicted molar refractivity (Wildman–Crippen MR) is 117 cm³/mol. The highest BCUT2D eigenvalue weighted by Crippen LogP contribution is 2.25. The first-order valence-electron chi connectivity index (χ1n) is 9.92. The van der Waals surface area contributed by atoms with Crippen LogP contribution >= 0.6 is 0 Å². The fourth-order valence-corrected chi connectivity index (χ4v) is 3.30. The van der Waals surface area contributed by atoms with Crippen LogP contribution in [0.15, 0.2) is 66.7 Å². The van der Waals surface area contributed by atoms with Gasteiger partial charge in [-0.15, -0.1) is 0 Å². The van der Waals surface area contributed by atoms with Crippen molar-refractivity contribution in [3.05, 3.63) is 77.9 Å². The molecule has 3 aromatic carbocycles. The van der Waals surface area contributed by atoms with Gasteiger partial charge in [-0.25, -0.2) is 0 Å². The Hall–Kier alpha value is -2.36. The summed E-state index contributed by atoms with van der Waals surface area (Å²) in [4.78, 5) is 2.30. The van der Waals surface area contributed by atoms with Crippen molar-refractivity contribution in [2.45, 2.75) is 45.9 Å². The lowest BCUT2D eigenvalue weighted by molar-refractivity contribution is 0.0288. The van der Waals surface area contributed by atoms with E-state index in [1.165, 1.54) is 11.1 Å². The van der Waals surface area contributed by atoms with Gasteiger partial charge >= 0.3 is 0 Å². The minimum absolute atomic E-state index is 0.0503. The molecule has 1 unspecified atom stereocenters. The summed E-state index contributed by atoms with van der Waals surface area (Å²) in [7, 11) is 0. The summed E-state index contributed by atoms with van der Waals surface area (Å²) in [5, 5.41) is 12.9. The number of ether oxygens (including phenoxy) is 1. The maximum Gasteiger partial charge on any atom is 0.127 e. The van der Waals surface area contributed by atoms with E-state index in [1.54, 1.807) is 0 Å². The zero-order valence-corrected chi connectivity index (χ0v) is 17.4. The third-order valence-corrected chi connectivity index (χ3v) is 5.05. The van der Waals surface area contributed by atoms with E-state index in [9.17, 15) is 5.11 Å². The number of aliphatic hydroxyl groups excluding tert-OH is 1. The molecule has 0 amide bonds. The molecular formula is C25H31NO2. The summed E-state index contributed by atoms with van der Waals surface area (Å²) in [6, 6.07) is 22.8. The molecule has 0 aliphatic carbocycles. The van der Waals surface area contributed by atoms with Crippen molar-refractivity contribution >= 4 is 10.8 Å². The Morgan fingerprint density at radius 3 is 2.32 bits per heavy atom. The van der Waals surface area contributed by atoms with E-state index in [0.29, 0.717) is 6.54 Å². The zero-order chi connectivity index (χ0) is 20.1. The summed E-state index contributed by atoms with van der Waals surface area (Å²) in [5.41, 5.74) is 2.46. The molecule has 0 bridgehead atoms. The number of aliphatic hydroxyl groups is 1. The molecule has 0 aliphatic heterocycles. The van der Waals surface area contributed by atoms with Crippen molar-refractivity contribution in [3.63, 3.8) is 0 Å². The average Bonchev–Trinajstić information content (AvgIpc) is 2.66. The summed E-state index contributed by atoms with van der Waals surface area (Å²) in [5.74, 6) is 0.818. The van der Waals surface area contributed by atoms with Crippen LogP contribution in [0.5, 0.6) is 5.75 Å². The average molecular weight is 378 g/mol. The van der Waals surface area contributed by atoms with Crippen LogP contribution in [0.4, 0.5) is 0 Å². The first-order valence-corrected chi connectivity index (χ1v) is 9.92. The Bertz CT molecular complexity index is 891. The van der Waals surface area contributed by atoms with Crippen LogP contribution in [-0.2, 0) is 6.54 Å². The van der Waals surface area contributed by atoms with Gasteiger partial charge in [0, 0.05) is 24.0 Å². The molecule has 28 heavy (non-hydrogen) atoms. The molecule has 0 aromatic heterocycles. The van der Waals surface area contributed by atoms with Gasteiger partial charge < -0.3 is 9.84 Å². The predicted octanol–water partition coefficient (Wildman–Crippen LogP) is 5.19. The van der Waals surface area contributed by atoms with Crippen LogP contribution in [-0.4, -0.2) is 34.8 Å². The smallest absolute Gasteiger partial charge is 0.127 e. The molecule has 0 spiro atoms. The number of aryl methyl sites for hydroxylation is 1. The van der Waals surface area contributed by atoms with Crippen LogP contribution in [0.3, 0.4) is 0 Å². The van der Waals surface area contributed by atoms with E-state index in [2.05, 4.69) is 75.1 Å². The normalized spacial score (nSPS) is 13.1. The van der Waals surface area contributed by atoms with E-state index in [1.807, 2.05) is 24.3 Å². The van der Waals surface area contributed by atoms with Gasteiger partial charge in [-0.3, -0.25) is 4.90 Å². The Balaban J connectivity index is 1.64. The molecule has 3 heteroatoms. The number of rotatable bonds is 7. The van der Waals surface area contributed by atoms with Crippen molar-refractivity contribution in [1.82, 2.24) is 4.90 Å². The Morgan fingerprint density at radius 1 is 0.929 bits per heavy atom. The van der Waals surface area contributed by atoms with Gasteiger partial charge in [0.15, 0.2) is 0 Å². The SMILES string of the molecule is Cc1ccc(CN(CC(O)COc2cccc3ccccc23)C(C)(C)C)cc1. The second kappa shape index (κ2) is 8.76. The van der Waals surface area contributed by atoms with Crippen molar-refractivity contribution in [2.24, 2.45) is 0 Å². The molecule has 3 rings (SSSR count). The number of fused-ring (bicyclic) bond motifs is 1. The maximum absolute atomic E-state index is 10.7. The summed E-state index contributed by atoms with van der Waals surface area (Å²) < 4.78 is 5.98. The second-order valence-corrected chi connectivity index (χ2v) is 8.48. The van der Waals surface area contributed by atoms with E-state index < -0.39 is 6.10 Å².